The molecule has 1 aliphatic rings. The lowest BCUT2D eigenvalue weighted by atomic mass is 10.2. The third-order valence-electron chi connectivity index (χ3n) is 2.88. The number of nitrogens with one attached hydrogen (secondary N) is 2. The Bertz CT molecular complexity index is 741. The van der Waals surface area contributed by atoms with Crippen LogP contribution in [0.3, 0.4) is 0 Å². The zero-order valence-corrected chi connectivity index (χ0v) is 11.9. The van der Waals surface area contributed by atoms with Gasteiger partial charge in [0.2, 0.25) is 0 Å². The number of amides is 2. The van der Waals surface area contributed by atoms with E-state index in [9.17, 15) is 9.59 Å². The maximum atomic E-state index is 12.1. The Morgan fingerprint density at radius 1 is 1.52 bits per heavy atom. The lowest BCUT2D eigenvalue weighted by molar-refractivity contribution is -0.118. The molecule has 1 aromatic heterocycles. The van der Waals surface area contributed by atoms with Crippen LogP contribution >= 0.6 is 11.3 Å². The molecule has 0 spiro atoms. The van der Waals surface area contributed by atoms with Gasteiger partial charge >= 0.3 is 0 Å². The molecule has 0 saturated heterocycles. The first-order valence-corrected chi connectivity index (χ1v) is 7.00. The molecule has 0 radical (unpaired) electrons. The molecule has 4 N–H and O–H groups in total. The molecule has 1 aromatic carbocycles. The number of thiazole rings is 1. The van der Waals surface area contributed by atoms with Gasteiger partial charge in [0, 0.05) is 11.4 Å². The fraction of sp³-hybridized carbons (Fsp3) is 0.154. The van der Waals surface area contributed by atoms with Crippen molar-refractivity contribution in [3.8, 4) is 5.75 Å². The molecular formula is C13H12N4O3S. The minimum absolute atomic E-state index is 0.0454. The maximum absolute atomic E-state index is 12.1. The van der Waals surface area contributed by atoms with Gasteiger partial charge in [-0.15, -0.1) is 11.3 Å². The summed E-state index contributed by atoms with van der Waals surface area (Å²) in [5.41, 5.74) is 7.44. The van der Waals surface area contributed by atoms with Gasteiger partial charge in [0.1, 0.15) is 11.4 Å². The van der Waals surface area contributed by atoms with Crippen LogP contribution in [0.4, 0.5) is 17.1 Å². The summed E-state index contributed by atoms with van der Waals surface area (Å²) in [6.07, 6.45) is 0. The molecule has 0 atom stereocenters. The molecule has 0 saturated carbocycles. The van der Waals surface area contributed by atoms with Gasteiger partial charge in [-0.1, -0.05) is 0 Å². The summed E-state index contributed by atoms with van der Waals surface area (Å²) in [5.74, 6) is -0.122. The average molecular weight is 304 g/mol. The van der Waals surface area contributed by atoms with E-state index in [1.807, 2.05) is 6.92 Å². The molecule has 0 aliphatic carbocycles. The largest absolute Gasteiger partial charge is 0.482 e. The average Bonchev–Trinajstić information content (AvgIpc) is 2.87. The molecule has 21 heavy (non-hydrogen) atoms. The van der Waals surface area contributed by atoms with Crippen molar-refractivity contribution in [3.63, 3.8) is 0 Å². The molecule has 2 heterocycles. The first-order chi connectivity index (χ1) is 10.0. The van der Waals surface area contributed by atoms with Crippen molar-refractivity contribution in [3.05, 3.63) is 28.2 Å². The summed E-state index contributed by atoms with van der Waals surface area (Å²) in [6, 6.07) is 3.13. The summed E-state index contributed by atoms with van der Waals surface area (Å²) >= 11 is 1.39. The molecule has 0 fully saturated rings. The Hall–Kier alpha value is -2.61. The molecule has 2 amide bonds. The number of benzene rings is 1. The highest BCUT2D eigenvalue weighted by Crippen LogP contribution is 2.35. The normalized spacial score (nSPS) is 13.1. The first kappa shape index (κ1) is 13.4. The number of fused-ring (bicyclic) bond motifs is 1. The second-order valence-electron chi connectivity index (χ2n) is 4.48. The van der Waals surface area contributed by atoms with Crippen LogP contribution in [0.1, 0.15) is 15.5 Å². The Morgan fingerprint density at radius 2 is 2.33 bits per heavy atom. The van der Waals surface area contributed by atoms with Gasteiger partial charge in [-0.3, -0.25) is 9.59 Å². The van der Waals surface area contributed by atoms with Gasteiger partial charge < -0.3 is 21.1 Å². The SMILES string of the molecule is Cc1nc(C(=O)Nc2cc3c(cc2N)OCC(=O)N3)cs1. The molecule has 108 valence electrons. The summed E-state index contributed by atoms with van der Waals surface area (Å²) in [5, 5.41) is 7.81. The van der Waals surface area contributed by atoms with Gasteiger partial charge in [0.25, 0.3) is 11.8 Å². The van der Waals surface area contributed by atoms with Crippen LogP contribution in [0.5, 0.6) is 5.75 Å². The van der Waals surface area contributed by atoms with Crippen molar-refractivity contribution in [2.45, 2.75) is 6.92 Å². The lowest BCUT2D eigenvalue weighted by Gasteiger charge is -2.20. The molecule has 3 rings (SSSR count). The number of carbonyl (C=O) groups is 2. The van der Waals surface area contributed by atoms with E-state index in [1.54, 1.807) is 17.5 Å². The monoisotopic (exact) mass is 304 g/mol. The number of ether oxygens (including phenoxy) is 1. The lowest BCUT2D eigenvalue weighted by Crippen LogP contribution is -2.25. The summed E-state index contributed by atoms with van der Waals surface area (Å²) in [6.45, 7) is 1.78. The van der Waals surface area contributed by atoms with Crippen LogP contribution in [-0.2, 0) is 4.79 Å². The Labute approximate surface area is 124 Å². The van der Waals surface area contributed by atoms with Gasteiger partial charge in [-0.25, -0.2) is 4.98 Å². The summed E-state index contributed by atoms with van der Waals surface area (Å²) in [4.78, 5) is 27.5. The molecule has 0 bridgehead atoms. The third-order valence-corrected chi connectivity index (χ3v) is 3.66. The van der Waals surface area contributed by atoms with Crippen molar-refractivity contribution in [1.82, 2.24) is 4.98 Å². The topological polar surface area (TPSA) is 106 Å². The number of rotatable bonds is 2. The fourth-order valence-electron chi connectivity index (χ4n) is 1.90. The predicted octanol–water partition coefficient (Wildman–Crippen LogP) is 1.62. The van der Waals surface area contributed by atoms with E-state index in [4.69, 9.17) is 10.5 Å². The zero-order chi connectivity index (χ0) is 15.0. The van der Waals surface area contributed by atoms with Gasteiger partial charge in [0.05, 0.1) is 22.1 Å². The van der Waals surface area contributed by atoms with Crippen molar-refractivity contribution >= 4 is 40.2 Å². The number of nitrogen functional groups attached to an aromatic ring is 1. The number of anilines is 3. The van der Waals surface area contributed by atoms with E-state index < -0.39 is 0 Å². The highest BCUT2D eigenvalue weighted by Gasteiger charge is 2.19. The second kappa shape index (κ2) is 5.06. The molecule has 0 unspecified atom stereocenters. The Balaban J connectivity index is 1.87. The first-order valence-electron chi connectivity index (χ1n) is 6.12. The molecule has 7 nitrogen and oxygen atoms in total. The van der Waals surface area contributed by atoms with Crippen LogP contribution < -0.4 is 21.1 Å². The van der Waals surface area contributed by atoms with Crippen molar-refractivity contribution in [2.24, 2.45) is 0 Å². The van der Waals surface area contributed by atoms with E-state index in [0.29, 0.717) is 28.5 Å². The number of aromatic nitrogens is 1. The Kier molecular flexibility index (Phi) is 3.22. The minimum atomic E-state index is -0.353. The van der Waals surface area contributed by atoms with Crippen LogP contribution in [0.25, 0.3) is 0 Å². The molecule has 8 heteroatoms. The maximum Gasteiger partial charge on any atom is 0.275 e. The van der Waals surface area contributed by atoms with Crippen LogP contribution in [-0.4, -0.2) is 23.4 Å². The summed E-state index contributed by atoms with van der Waals surface area (Å²) < 4.78 is 5.25. The van der Waals surface area contributed by atoms with Crippen molar-refractivity contribution in [2.75, 3.05) is 23.0 Å². The van der Waals surface area contributed by atoms with Gasteiger partial charge in [-0.2, -0.15) is 0 Å². The van der Waals surface area contributed by atoms with E-state index in [2.05, 4.69) is 15.6 Å². The molecule has 2 aromatic rings. The standard InChI is InChI=1S/C13H12N4O3S/c1-6-15-10(5-21-6)13(19)17-8-3-9-11(2-7(8)14)20-4-12(18)16-9/h2-3,5H,4,14H2,1H3,(H,16,18)(H,17,19). The number of hydrogen-bond acceptors (Lipinski definition) is 6. The number of nitrogens with zero attached hydrogens (tertiary/aromatic N) is 1. The van der Waals surface area contributed by atoms with E-state index in [0.717, 1.165) is 5.01 Å². The van der Waals surface area contributed by atoms with Crippen molar-refractivity contribution in [1.29, 1.82) is 0 Å². The van der Waals surface area contributed by atoms with Crippen molar-refractivity contribution < 1.29 is 14.3 Å². The van der Waals surface area contributed by atoms with Crippen LogP contribution in [0.2, 0.25) is 0 Å². The van der Waals surface area contributed by atoms with Crippen LogP contribution in [0.15, 0.2) is 17.5 Å². The number of aryl methyl sites for hydroxylation is 1. The van der Waals surface area contributed by atoms with Crippen LogP contribution in [0, 0.1) is 6.92 Å². The van der Waals surface area contributed by atoms with E-state index >= 15 is 0 Å². The second-order valence-corrected chi connectivity index (χ2v) is 5.54. The van der Waals surface area contributed by atoms with E-state index in [-0.39, 0.29) is 18.4 Å². The molecule has 1 aliphatic heterocycles. The minimum Gasteiger partial charge on any atom is -0.482 e. The quantitative estimate of drug-likeness (QED) is 0.731. The smallest absolute Gasteiger partial charge is 0.275 e. The Morgan fingerprint density at radius 3 is 3.05 bits per heavy atom. The number of hydrogen-bond donors (Lipinski definition) is 3. The zero-order valence-electron chi connectivity index (χ0n) is 11.1. The summed E-state index contributed by atoms with van der Waals surface area (Å²) in [7, 11) is 0. The van der Waals surface area contributed by atoms with E-state index in [1.165, 1.54) is 11.3 Å². The molecular weight excluding hydrogens is 292 g/mol. The highest BCUT2D eigenvalue weighted by atomic mass is 32.1. The third kappa shape index (κ3) is 2.65. The highest BCUT2D eigenvalue weighted by molar-refractivity contribution is 7.09. The number of nitrogens with two attached hydrogens (primary N) is 1. The predicted molar refractivity (Wildman–Crippen MR) is 79.8 cm³/mol. The van der Waals surface area contributed by atoms with Gasteiger partial charge in [-0.05, 0) is 13.0 Å². The fourth-order valence-corrected chi connectivity index (χ4v) is 2.50. The number of carbonyl (C=O) groups excluding carboxylic acids is 2. The van der Waals surface area contributed by atoms with Gasteiger partial charge in [0.15, 0.2) is 6.61 Å².